The van der Waals surface area contributed by atoms with E-state index >= 15 is 0 Å². The first-order valence-corrected chi connectivity index (χ1v) is 8.72. The minimum atomic E-state index is -4.53. The summed E-state index contributed by atoms with van der Waals surface area (Å²) in [7, 11) is 0. The number of benzene rings is 2. The van der Waals surface area contributed by atoms with Crippen molar-refractivity contribution in [2.45, 2.75) is 24.9 Å². The summed E-state index contributed by atoms with van der Waals surface area (Å²) in [6, 6.07) is 9.97. The number of ether oxygens (including phenoxy) is 2. The summed E-state index contributed by atoms with van der Waals surface area (Å²) < 4.78 is 50.9. The van der Waals surface area contributed by atoms with Crippen LogP contribution in [0.4, 0.5) is 23.7 Å². The molecule has 4 rings (SSSR count). The lowest BCUT2D eigenvalue weighted by Crippen LogP contribution is -2.43. The van der Waals surface area contributed by atoms with Crippen LogP contribution in [0.3, 0.4) is 0 Å². The zero-order valence-corrected chi connectivity index (χ0v) is 14.8. The summed E-state index contributed by atoms with van der Waals surface area (Å²) in [5.41, 5.74) is 4.94. The van der Waals surface area contributed by atoms with Crippen molar-refractivity contribution in [3.63, 3.8) is 0 Å². The number of amides is 2. The minimum absolute atomic E-state index is 0.0396. The highest BCUT2D eigenvalue weighted by Gasteiger charge is 2.48. The maximum Gasteiger partial charge on any atom is 0.416 e. The molecule has 1 spiro atoms. The summed E-state index contributed by atoms with van der Waals surface area (Å²) >= 11 is 0. The first-order valence-electron chi connectivity index (χ1n) is 8.72. The standard InChI is InChI=1S/C19H18F3N3O3/c20-19(21,22)13-7-12(10-23)8-14(9-13)24-17(26)25-6-5-18(11-25)27-15-3-1-2-4-16(15)28-18/h1-4,7-9H,5-6,10-11,23H2,(H,24,26). The smallest absolute Gasteiger partial charge is 0.416 e. The zero-order chi connectivity index (χ0) is 19.9. The molecular formula is C19H18F3N3O3. The van der Waals surface area contributed by atoms with Crippen LogP contribution in [-0.4, -0.2) is 29.8 Å². The zero-order valence-electron chi connectivity index (χ0n) is 14.8. The predicted molar refractivity (Wildman–Crippen MR) is 95.0 cm³/mol. The molecule has 1 saturated heterocycles. The first-order chi connectivity index (χ1) is 13.3. The molecule has 0 radical (unpaired) electrons. The molecule has 0 aliphatic carbocycles. The van der Waals surface area contributed by atoms with Gasteiger partial charge in [0.25, 0.3) is 5.79 Å². The highest BCUT2D eigenvalue weighted by molar-refractivity contribution is 5.89. The number of urea groups is 1. The van der Waals surface area contributed by atoms with Gasteiger partial charge in [-0.2, -0.15) is 13.2 Å². The number of hydrogen-bond acceptors (Lipinski definition) is 4. The van der Waals surface area contributed by atoms with Crippen LogP contribution in [0.1, 0.15) is 17.5 Å². The molecule has 2 aromatic rings. The second-order valence-electron chi connectivity index (χ2n) is 6.78. The molecule has 0 atom stereocenters. The van der Waals surface area contributed by atoms with E-state index in [1.54, 1.807) is 12.1 Å². The number of nitrogens with zero attached hydrogens (tertiary/aromatic N) is 1. The Hall–Kier alpha value is -2.94. The number of hydrogen-bond donors (Lipinski definition) is 2. The predicted octanol–water partition coefficient (Wildman–Crippen LogP) is 3.57. The number of nitrogens with one attached hydrogen (secondary N) is 1. The Balaban J connectivity index is 1.47. The molecule has 3 N–H and O–H groups in total. The maximum absolute atomic E-state index is 13.1. The van der Waals surface area contributed by atoms with Crippen LogP contribution in [0.5, 0.6) is 11.5 Å². The summed E-state index contributed by atoms with van der Waals surface area (Å²) in [5.74, 6) is 0.252. The van der Waals surface area contributed by atoms with Crippen molar-refractivity contribution in [2.75, 3.05) is 18.4 Å². The number of carbonyl (C=O) groups excluding carboxylic acids is 1. The molecule has 2 amide bonds. The van der Waals surface area contributed by atoms with Crippen molar-refractivity contribution in [2.24, 2.45) is 5.73 Å². The van der Waals surface area contributed by atoms with Gasteiger partial charge in [-0.3, -0.25) is 0 Å². The highest BCUT2D eigenvalue weighted by Crippen LogP contribution is 2.43. The number of likely N-dealkylation sites (tertiary alicyclic amines) is 1. The largest absolute Gasteiger partial charge is 0.447 e. The van der Waals surface area contributed by atoms with Crippen molar-refractivity contribution < 1.29 is 27.4 Å². The highest BCUT2D eigenvalue weighted by atomic mass is 19.4. The maximum atomic E-state index is 13.1. The SMILES string of the molecule is NCc1cc(NC(=O)N2CCC3(C2)Oc2ccccc2O3)cc(C(F)(F)F)c1. The van der Waals surface area contributed by atoms with Crippen LogP contribution in [0.15, 0.2) is 42.5 Å². The van der Waals surface area contributed by atoms with Crippen LogP contribution in [0.2, 0.25) is 0 Å². The minimum Gasteiger partial charge on any atom is -0.447 e. The number of anilines is 1. The average Bonchev–Trinajstić information content (AvgIpc) is 3.23. The summed E-state index contributed by atoms with van der Waals surface area (Å²) in [6.45, 7) is 0.443. The third-order valence-corrected chi connectivity index (χ3v) is 4.73. The molecule has 0 saturated carbocycles. The lowest BCUT2D eigenvalue weighted by Gasteiger charge is -2.23. The number of alkyl halides is 3. The lowest BCUT2D eigenvalue weighted by molar-refractivity contribution is -0.137. The van der Waals surface area contributed by atoms with Gasteiger partial charge < -0.3 is 25.4 Å². The van der Waals surface area contributed by atoms with Gasteiger partial charge in [-0.05, 0) is 35.9 Å². The molecular weight excluding hydrogens is 375 g/mol. The molecule has 2 aliphatic heterocycles. The molecule has 0 aromatic heterocycles. The fourth-order valence-electron chi connectivity index (χ4n) is 3.38. The third-order valence-electron chi connectivity index (χ3n) is 4.73. The van der Waals surface area contributed by atoms with Gasteiger partial charge >= 0.3 is 12.2 Å². The number of rotatable bonds is 2. The normalized spacial score (nSPS) is 17.2. The molecule has 2 aliphatic rings. The molecule has 148 valence electrons. The van der Waals surface area contributed by atoms with E-state index in [9.17, 15) is 18.0 Å². The Labute approximate surface area is 159 Å². The average molecular weight is 393 g/mol. The molecule has 28 heavy (non-hydrogen) atoms. The number of para-hydroxylation sites is 2. The van der Waals surface area contributed by atoms with E-state index < -0.39 is 23.6 Å². The summed E-state index contributed by atoms with van der Waals surface area (Å²) in [4.78, 5) is 14.0. The summed E-state index contributed by atoms with van der Waals surface area (Å²) in [6.07, 6.45) is -4.08. The fourth-order valence-corrected chi connectivity index (χ4v) is 3.38. The summed E-state index contributed by atoms with van der Waals surface area (Å²) in [5, 5.41) is 2.52. The first kappa shape index (κ1) is 18.4. The number of carbonyl (C=O) groups is 1. The number of nitrogens with two attached hydrogens (primary N) is 1. The third kappa shape index (κ3) is 3.45. The van der Waals surface area contributed by atoms with E-state index in [-0.39, 0.29) is 24.3 Å². The van der Waals surface area contributed by atoms with Gasteiger partial charge in [0.15, 0.2) is 11.5 Å². The van der Waals surface area contributed by atoms with E-state index in [0.717, 1.165) is 12.1 Å². The van der Waals surface area contributed by atoms with E-state index in [4.69, 9.17) is 15.2 Å². The Bertz CT molecular complexity index is 892. The van der Waals surface area contributed by atoms with Crippen LogP contribution in [0.25, 0.3) is 0 Å². The van der Waals surface area contributed by atoms with Crippen molar-refractivity contribution in [3.8, 4) is 11.5 Å². The van der Waals surface area contributed by atoms with E-state index in [2.05, 4.69) is 5.32 Å². The van der Waals surface area contributed by atoms with E-state index in [1.807, 2.05) is 12.1 Å². The lowest BCUT2D eigenvalue weighted by atomic mass is 10.1. The molecule has 0 bridgehead atoms. The fraction of sp³-hybridized carbons (Fsp3) is 0.316. The van der Waals surface area contributed by atoms with Gasteiger partial charge in [0, 0.05) is 25.2 Å². The molecule has 9 heteroatoms. The Morgan fingerprint density at radius 2 is 1.86 bits per heavy atom. The molecule has 2 heterocycles. The van der Waals surface area contributed by atoms with Crippen molar-refractivity contribution in [1.29, 1.82) is 0 Å². The Kier molecular flexibility index (Phi) is 4.34. The van der Waals surface area contributed by atoms with Crippen LogP contribution >= 0.6 is 0 Å². The van der Waals surface area contributed by atoms with Gasteiger partial charge in [-0.15, -0.1) is 0 Å². The molecule has 2 aromatic carbocycles. The molecule has 0 unspecified atom stereocenters. The van der Waals surface area contributed by atoms with Gasteiger partial charge in [0.1, 0.15) is 0 Å². The second kappa shape index (κ2) is 6.59. The van der Waals surface area contributed by atoms with E-state index in [0.29, 0.717) is 24.5 Å². The van der Waals surface area contributed by atoms with Gasteiger partial charge in [-0.25, -0.2) is 4.79 Å². The number of fused-ring (bicyclic) bond motifs is 1. The van der Waals surface area contributed by atoms with Crippen molar-refractivity contribution in [1.82, 2.24) is 4.90 Å². The quantitative estimate of drug-likeness (QED) is 0.818. The van der Waals surface area contributed by atoms with Gasteiger partial charge in [0.05, 0.1) is 12.1 Å². The second-order valence-corrected chi connectivity index (χ2v) is 6.78. The monoisotopic (exact) mass is 393 g/mol. The van der Waals surface area contributed by atoms with Gasteiger partial charge in [0.2, 0.25) is 0 Å². The molecule has 1 fully saturated rings. The van der Waals surface area contributed by atoms with Crippen molar-refractivity contribution in [3.05, 3.63) is 53.6 Å². The topological polar surface area (TPSA) is 76.8 Å². The van der Waals surface area contributed by atoms with Crippen LogP contribution in [-0.2, 0) is 12.7 Å². The van der Waals surface area contributed by atoms with Gasteiger partial charge in [-0.1, -0.05) is 12.1 Å². The van der Waals surface area contributed by atoms with E-state index in [1.165, 1.54) is 11.0 Å². The number of halogens is 3. The van der Waals surface area contributed by atoms with Crippen LogP contribution < -0.4 is 20.5 Å². The van der Waals surface area contributed by atoms with Crippen LogP contribution in [0, 0.1) is 0 Å². The Morgan fingerprint density at radius 3 is 2.46 bits per heavy atom. The van der Waals surface area contributed by atoms with Crippen molar-refractivity contribution >= 4 is 11.7 Å². The Morgan fingerprint density at radius 1 is 1.18 bits per heavy atom. The molecule has 6 nitrogen and oxygen atoms in total.